The van der Waals surface area contributed by atoms with Crippen LogP contribution in [0.4, 0.5) is 5.13 Å². The van der Waals surface area contributed by atoms with Gasteiger partial charge in [0.05, 0.1) is 14.1 Å². The van der Waals surface area contributed by atoms with Crippen molar-refractivity contribution in [3.05, 3.63) is 29.2 Å². The number of carboxylic acids is 1. The number of nitrogens with one attached hydrogen (secondary N) is 1. The second-order valence-electron chi connectivity index (χ2n) is 8.21. The molecule has 0 unspecified atom stereocenters. The van der Waals surface area contributed by atoms with Crippen LogP contribution >= 0.6 is 23.3 Å². The summed E-state index contributed by atoms with van der Waals surface area (Å²) in [6.07, 6.45) is 4.22. The van der Waals surface area contributed by atoms with Crippen LogP contribution in [-0.4, -0.2) is 98.5 Å². The Balaban J connectivity index is 1.49. The molecule has 0 aromatic carbocycles. The molecule has 15 heteroatoms. The number of carbonyl (C=O) groups excluding carboxylic acids is 2. The fourth-order valence-electron chi connectivity index (χ4n) is 3.85. The number of nitrogens with zero attached hydrogens (tertiary/aromatic N) is 5. The highest BCUT2D eigenvalue weighted by Gasteiger charge is 2.54. The standard InChI is InChI=1S/C19H23N7O6S2/c1-26(2)7-6-10(32-26)5-4-9-8-33-17-12(16(28)25(17)13(9)18(29)30)21-15(27)11(23-31-3)14-22-19(20)34-24-14/h4-5,10,12,17H,6-8H2,1-3H3,(H3-,20,21,22,24,27,29,30)/p+1/b5-4+,23-11-/t10-,12+,17+/m0/s1. The molecule has 1 aromatic heterocycles. The number of thioether (sulfide) groups is 1. The van der Waals surface area contributed by atoms with Crippen molar-refractivity contribution in [1.29, 1.82) is 0 Å². The van der Waals surface area contributed by atoms with Crippen molar-refractivity contribution < 1.29 is 33.8 Å². The topological polar surface area (TPSA) is 169 Å². The number of quaternary nitrogens is 1. The highest BCUT2D eigenvalue weighted by molar-refractivity contribution is 8.00. The number of anilines is 1. The summed E-state index contributed by atoms with van der Waals surface area (Å²) >= 11 is 2.24. The van der Waals surface area contributed by atoms with E-state index in [2.05, 4.69) is 19.8 Å². The maximum Gasteiger partial charge on any atom is 0.352 e. The summed E-state index contributed by atoms with van der Waals surface area (Å²) in [6.45, 7) is 0.847. The molecule has 4 heterocycles. The van der Waals surface area contributed by atoms with Gasteiger partial charge in [0.25, 0.3) is 11.8 Å². The largest absolute Gasteiger partial charge is 0.477 e. The first-order chi connectivity index (χ1) is 16.1. The molecule has 2 fully saturated rings. The number of rotatable bonds is 7. The van der Waals surface area contributed by atoms with Crippen molar-refractivity contribution in [1.82, 2.24) is 19.6 Å². The first-order valence-corrected chi connectivity index (χ1v) is 12.1. The summed E-state index contributed by atoms with van der Waals surface area (Å²) in [7, 11) is 5.16. The smallest absolute Gasteiger partial charge is 0.352 e. The molecule has 0 aliphatic carbocycles. The summed E-state index contributed by atoms with van der Waals surface area (Å²) in [5.41, 5.74) is 5.75. The summed E-state index contributed by atoms with van der Waals surface area (Å²) in [5.74, 6) is -2.16. The van der Waals surface area contributed by atoms with E-state index in [1.165, 1.54) is 23.8 Å². The number of amides is 2. The van der Waals surface area contributed by atoms with Gasteiger partial charge in [0.15, 0.2) is 5.13 Å². The Morgan fingerprint density at radius 1 is 1.44 bits per heavy atom. The molecule has 3 atom stereocenters. The van der Waals surface area contributed by atoms with E-state index < -0.39 is 29.2 Å². The second-order valence-corrected chi connectivity index (χ2v) is 10.1. The molecule has 0 spiro atoms. The minimum absolute atomic E-state index is 0.0312. The molecule has 3 aliphatic rings. The maximum absolute atomic E-state index is 12.9. The van der Waals surface area contributed by atoms with Crippen molar-refractivity contribution in [3.8, 4) is 0 Å². The Morgan fingerprint density at radius 2 is 2.21 bits per heavy atom. The van der Waals surface area contributed by atoms with Crippen molar-refractivity contribution in [3.63, 3.8) is 0 Å². The van der Waals surface area contributed by atoms with Gasteiger partial charge in [0.2, 0.25) is 11.5 Å². The van der Waals surface area contributed by atoms with Gasteiger partial charge in [-0.3, -0.25) is 14.5 Å². The van der Waals surface area contributed by atoms with Gasteiger partial charge in [0, 0.05) is 23.7 Å². The second kappa shape index (κ2) is 9.32. The Labute approximate surface area is 203 Å². The number of hydrogen-bond acceptors (Lipinski definition) is 11. The van der Waals surface area contributed by atoms with Crippen LogP contribution < -0.4 is 11.1 Å². The number of carbonyl (C=O) groups is 3. The highest BCUT2D eigenvalue weighted by Crippen LogP contribution is 2.40. The molecule has 4 rings (SSSR count). The van der Waals surface area contributed by atoms with Crippen molar-refractivity contribution in [2.45, 2.75) is 23.9 Å². The lowest BCUT2D eigenvalue weighted by molar-refractivity contribution is -1.06. The van der Waals surface area contributed by atoms with Gasteiger partial charge in [-0.05, 0) is 11.6 Å². The van der Waals surface area contributed by atoms with E-state index in [4.69, 9.17) is 15.4 Å². The first-order valence-electron chi connectivity index (χ1n) is 10.2. The molecule has 2 amide bonds. The molecule has 0 saturated carbocycles. The predicted octanol–water partition coefficient (Wildman–Crippen LogP) is -0.454. The van der Waals surface area contributed by atoms with Crippen LogP contribution in [0.15, 0.2) is 28.6 Å². The van der Waals surface area contributed by atoms with Crippen LogP contribution in [0.3, 0.4) is 0 Å². The Hall–Kier alpha value is -3.01. The van der Waals surface area contributed by atoms with Gasteiger partial charge in [-0.25, -0.2) is 4.79 Å². The molecule has 0 bridgehead atoms. The van der Waals surface area contributed by atoms with Crippen molar-refractivity contribution in [2.24, 2.45) is 5.16 Å². The van der Waals surface area contributed by atoms with Crippen LogP contribution in [0.25, 0.3) is 0 Å². The maximum atomic E-state index is 12.9. The van der Waals surface area contributed by atoms with Gasteiger partial charge in [0.1, 0.15) is 36.9 Å². The molecule has 3 aliphatic heterocycles. The normalized spacial score (nSPS) is 26.4. The Kier molecular flexibility index (Phi) is 6.62. The Bertz CT molecular complexity index is 1110. The first kappa shape index (κ1) is 24.1. The number of fused-ring (bicyclic) bond motifs is 1. The number of nitrogens with two attached hydrogens (primary N) is 1. The number of aliphatic carboxylic acids is 1. The zero-order valence-corrected chi connectivity index (χ0v) is 20.3. The molecule has 2 saturated heterocycles. The van der Waals surface area contributed by atoms with Gasteiger partial charge < -0.3 is 21.0 Å². The van der Waals surface area contributed by atoms with Crippen molar-refractivity contribution >= 4 is 51.9 Å². The quantitative estimate of drug-likeness (QED) is 0.189. The number of hydroxylamine groups is 3. The molecule has 34 heavy (non-hydrogen) atoms. The third-order valence-electron chi connectivity index (χ3n) is 5.42. The number of nitrogen functional groups attached to an aromatic ring is 1. The zero-order valence-electron chi connectivity index (χ0n) is 18.6. The average Bonchev–Trinajstić information content (AvgIpc) is 3.37. The van der Waals surface area contributed by atoms with Gasteiger partial charge in [-0.15, -0.1) is 11.8 Å². The number of allylic oxidation sites excluding steroid dienone is 1. The number of oxime groups is 1. The average molecular weight is 511 g/mol. The van der Waals surface area contributed by atoms with Crippen LogP contribution in [-0.2, 0) is 24.1 Å². The third kappa shape index (κ3) is 4.64. The number of aromatic nitrogens is 2. The summed E-state index contributed by atoms with van der Waals surface area (Å²) < 4.78 is 4.37. The SMILES string of the molecule is CO/N=C(\C(=O)N[C@@H]1C(=O)N2C(C(=O)O)=C(/C=C/[C@H]3CC[N+](C)(C)O3)CS[C@H]12)c1nsc(N)n1. The lowest BCUT2D eigenvalue weighted by Gasteiger charge is -2.49. The third-order valence-corrected chi connectivity index (χ3v) is 7.27. The summed E-state index contributed by atoms with van der Waals surface area (Å²) in [5, 5.41) is 15.6. The van der Waals surface area contributed by atoms with E-state index in [1.807, 2.05) is 20.2 Å². The van der Waals surface area contributed by atoms with Crippen molar-refractivity contribution in [2.75, 3.05) is 39.2 Å². The van der Waals surface area contributed by atoms with Crippen LogP contribution in [0.1, 0.15) is 12.2 Å². The highest BCUT2D eigenvalue weighted by atomic mass is 32.2. The monoisotopic (exact) mass is 510 g/mol. The minimum Gasteiger partial charge on any atom is -0.477 e. The van der Waals surface area contributed by atoms with E-state index in [0.29, 0.717) is 16.0 Å². The molecule has 0 radical (unpaired) electrons. The molecular weight excluding hydrogens is 486 g/mol. The van der Waals surface area contributed by atoms with Gasteiger partial charge in [-0.2, -0.15) is 18.8 Å². The Morgan fingerprint density at radius 3 is 2.79 bits per heavy atom. The van der Waals surface area contributed by atoms with E-state index in [0.717, 1.165) is 24.5 Å². The van der Waals surface area contributed by atoms with E-state index in [9.17, 15) is 19.5 Å². The van der Waals surface area contributed by atoms with Crippen LogP contribution in [0, 0.1) is 0 Å². The summed E-state index contributed by atoms with van der Waals surface area (Å²) in [6, 6.07) is -0.938. The molecule has 13 nitrogen and oxygen atoms in total. The van der Waals surface area contributed by atoms with Crippen LogP contribution in [0.5, 0.6) is 0 Å². The molecule has 182 valence electrons. The predicted molar refractivity (Wildman–Crippen MR) is 123 cm³/mol. The van der Waals surface area contributed by atoms with E-state index in [1.54, 1.807) is 6.08 Å². The van der Waals surface area contributed by atoms with E-state index >= 15 is 0 Å². The minimum atomic E-state index is -1.21. The number of hydrogen-bond donors (Lipinski definition) is 3. The lowest BCUT2D eigenvalue weighted by atomic mass is 10.0. The molecular formula is C19H24N7O6S2+. The van der Waals surface area contributed by atoms with Gasteiger partial charge >= 0.3 is 5.97 Å². The fourth-order valence-corrected chi connectivity index (χ4v) is 5.61. The van der Waals surface area contributed by atoms with Crippen LogP contribution in [0.2, 0.25) is 0 Å². The van der Waals surface area contributed by atoms with Gasteiger partial charge in [-0.1, -0.05) is 11.2 Å². The molecule has 1 aromatic rings. The lowest BCUT2D eigenvalue weighted by Crippen LogP contribution is -2.71. The number of β-lactam (4-membered cyclic amide) rings is 1. The number of carboxylic acid groups (broad SMARTS) is 1. The zero-order chi connectivity index (χ0) is 24.6. The molecule has 4 N–H and O–H groups in total. The van der Waals surface area contributed by atoms with E-state index in [-0.39, 0.29) is 28.5 Å². The summed E-state index contributed by atoms with van der Waals surface area (Å²) in [4.78, 5) is 53.4. The fraction of sp³-hybridized carbons (Fsp3) is 0.474.